The highest BCUT2D eigenvalue weighted by molar-refractivity contribution is 5.95. The molecule has 0 saturated heterocycles. The molecular formula is C16H14N2O3. The van der Waals surface area contributed by atoms with Gasteiger partial charge in [-0.3, -0.25) is 0 Å². The normalized spacial score (nSPS) is 9.71. The predicted octanol–water partition coefficient (Wildman–Crippen LogP) is 3.11. The van der Waals surface area contributed by atoms with E-state index in [1.54, 1.807) is 43.3 Å². The van der Waals surface area contributed by atoms with Crippen LogP contribution in [0.2, 0.25) is 0 Å². The fourth-order valence-corrected chi connectivity index (χ4v) is 1.75. The van der Waals surface area contributed by atoms with Crippen LogP contribution in [0.15, 0.2) is 42.5 Å². The Hall–Kier alpha value is -3.00. The van der Waals surface area contributed by atoms with E-state index in [2.05, 4.69) is 0 Å². The highest BCUT2D eigenvalue weighted by Gasteiger charge is 2.12. The van der Waals surface area contributed by atoms with Crippen molar-refractivity contribution in [3.05, 3.63) is 53.6 Å². The van der Waals surface area contributed by atoms with Gasteiger partial charge in [0.1, 0.15) is 11.5 Å². The number of carbonyl (C=O) groups is 1. The SMILES string of the molecule is CCOC(=O)c1cc(Oc2cccc(C#N)c2)ccc1N. The minimum Gasteiger partial charge on any atom is -0.462 e. The Bertz CT molecular complexity index is 705. The van der Waals surface area contributed by atoms with Crippen LogP contribution in [-0.2, 0) is 4.74 Å². The zero-order valence-electron chi connectivity index (χ0n) is 11.5. The van der Waals surface area contributed by atoms with Crippen molar-refractivity contribution in [3.8, 4) is 17.6 Å². The molecule has 0 fully saturated rings. The summed E-state index contributed by atoms with van der Waals surface area (Å²) in [5, 5.41) is 8.86. The first-order chi connectivity index (χ1) is 10.1. The molecule has 0 spiro atoms. The maximum atomic E-state index is 11.8. The van der Waals surface area contributed by atoms with E-state index in [4.69, 9.17) is 20.5 Å². The van der Waals surface area contributed by atoms with Gasteiger partial charge in [-0.15, -0.1) is 0 Å². The number of nitriles is 1. The minimum absolute atomic E-state index is 0.255. The summed E-state index contributed by atoms with van der Waals surface area (Å²) < 4.78 is 10.6. The standard InChI is InChI=1S/C16H14N2O3/c1-2-20-16(19)14-9-13(6-7-15(14)18)21-12-5-3-4-11(8-12)10-17/h3-9H,2,18H2,1H3. The summed E-state index contributed by atoms with van der Waals surface area (Å²) in [6, 6.07) is 13.5. The molecule has 2 aromatic carbocycles. The average Bonchev–Trinajstić information content (AvgIpc) is 2.49. The third-order valence-corrected chi connectivity index (χ3v) is 2.72. The summed E-state index contributed by atoms with van der Waals surface area (Å²) in [5.74, 6) is 0.460. The summed E-state index contributed by atoms with van der Waals surface area (Å²) in [6.45, 7) is 2.00. The van der Waals surface area contributed by atoms with Crippen molar-refractivity contribution < 1.29 is 14.3 Å². The Morgan fingerprint density at radius 1 is 1.24 bits per heavy atom. The van der Waals surface area contributed by atoms with Gasteiger partial charge in [-0.05, 0) is 43.3 Å². The van der Waals surface area contributed by atoms with Gasteiger partial charge in [-0.1, -0.05) is 6.07 Å². The number of nitrogens with two attached hydrogens (primary N) is 1. The fourth-order valence-electron chi connectivity index (χ4n) is 1.75. The average molecular weight is 282 g/mol. The molecule has 0 bridgehead atoms. The van der Waals surface area contributed by atoms with Crippen LogP contribution < -0.4 is 10.5 Å². The topological polar surface area (TPSA) is 85.3 Å². The molecule has 0 saturated carbocycles. The molecule has 0 aliphatic carbocycles. The molecule has 2 N–H and O–H groups in total. The first-order valence-electron chi connectivity index (χ1n) is 6.38. The highest BCUT2D eigenvalue weighted by atomic mass is 16.5. The van der Waals surface area contributed by atoms with Crippen molar-refractivity contribution in [3.63, 3.8) is 0 Å². The molecule has 0 aliphatic rings. The van der Waals surface area contributed by atoms with Gasteiger partial charge < -0.3 is 15.2 Å². The fraction of sp³-hybridized carbons (Fsp3) is 0.125. The van der Waals surface area contributed by atoms with Crippen LogP contribution in [0.5, 0.6) is 11.5 Å². The Morgan fingerprint density at radius 2 is 2.00 bits per heavy atom. The molecule has 0 radical (unpaired) electrons. The van der Waals surface area contributed by atoms with Gasteiger partial charge >= 0.3 is 5.97 Å². The van der Waals surface area contributed by atoms with E-state index in [-0.39, 0.29) is 12.2 Å². The molecule has 0 amide bonds. The van der Waals surface area contributed by atoms with Crippen LogP contribution in [0.1, 0.15) is 22.8 Å². The van der Waals surface area contributed by atoms with E-state index >= 15 is 0 Å². The third-order valence-electron chi connectivity index (χ3n) is 2.72. The molecule has 5 nitrogen and oxygen atoms in total. The quantitative estimate of drug-likeness (QED) is 0.688. The number of hydrogen-bond acceptors (Lipinski definition) is 5. The number of benzene rings is 2. The van der Waals surface area contributed by atoms with E-state index in [1.165, 1.54) is 6.07 Å². The van der Waals surface area contributed by atoms with Gasteiger partial charge in [0.25, 0.3) is 0 Å². The third kappa shape index (κ3) is 3.51. The molecule has 2 aromatic rings. The lowest BCUT2D eigenvalue weighted by molar-refractivity contribution is 0.0527. The molecule has 0 atom stereocenters. The Labute approximate surface area is 122 Å². The number of anilines is 1. The molecule has 0 aromatic heterocycles. The second-order valence-corrected chi connectivity index (χ2v) is 4.21. The van der Waals surface area contributed by atoms with E-state index in [9.17, 15) is 4.79 Å². The number of carbonyl (C=O) groups excluding carboxylic acids is 1. The molecule has 2 rings (SSSR count). The first-order valence-corrected chi connectivity index (χ1v) is 6.38. The highest BCUT2D eigenvalue weighted by Crippen LogP contribution is 2.26. The number of nitrogens with zero attached hydrogens (tertiary/aromatic N) is 1. The molecule has 0 heterocycles. The van der Waals surface area contributed by atoms with Crippen molar-refractivity contribution in [1.29, 1.82) is 5.26 Å². The van der Waals surface area contributed by atoms with Crippen LogP contribution in [0.3, 0.4) is 0 Å². The lowest BCUT2D eigenvalue weighted by Gasteiger charge is -2.09. The van der Waals surface area contributed by atoms with Crippen LogP contribution in [0.4, 0.5) is 5.69 Å². The molecule has 5 heteroatoms. The second-order valence-electron chi connectivity index (χ2n) is 4.21. The summed E-state index contributed by atoms with van der Waals surface area (Å²) in [5.41, 5.74) is 6.84. The molecule has 0 aliphatic heterocycles. The van der Waals surface area contributed by atoms with Crippen LogP contribution in [-0.4, -0.2) is 12.6 Å². The van der Waals surface area contributed by atoms with E-state index in [1.807, 2.05) is 6.07 Å². The van der Waals surface area contributed by atoms with E-state index in [0.717, 1.165) is 0 Å². The van der Waals surface area contributed by atoms with Crippen LogP contribution in [0.25, 0.3) is 0 Å². The lowest BCUT2D eigenvalue weighted by Crippen LogP contribution is -2.08. The maximum absolute atomic E-state index is 11.8. The summed E-state index contributed by atoms with van der Waals surface area (Å²) in [4.78, 5) is 11.8. The number of ether oxygens (including phenoxy) is 2. The van der Waals surface area contributed by atoms with Gasteiger partial charge in [-0.25, -0.2) is 4.79 Å². The zero-order chi connectivity index (χ0) is 15.2. The number of hydrogen-bond donors (Lipinski definition) is 1. The first kappa shape index (κ1) is 14.4. The molecule has 106 valence electrons. The van der Waals surface area contributed by atoms with Crippen LogP contribution in [0, 0.1) is 11.3 Å². The molecular weight excluding hydrogens is 268 g/mol. The van der Waals surface area contributed by atoms with Gasteiger partial charge in [0.05, 0.1) is 23.8 Å². The molecule has 0 unspecified atom stereocenters. The van der Waals surface area contributed by atoms with Gasteiger partial charge in [0, 0.05) is 5.69 Å². The monoisotopic (exact) mass is 282 g/mol. The second kappa shape index (κ2) is 6.44. The summed E-state index contributed by atoms with van der Waals surface area (Å²) in [7, 11) is 0. The Kier molecular flexibility index (Phi) is 4.42. The lowest BCUT2D eigenvalue weighted by atomic mass is 10.1. The van der Waals surface area contributed by atoms with E-state index < -0.39 is 5.97 Å². The minimum atomic E-state index is -0.494. The smallest absolute Gasteiger partial charge is 0.340 e. The van der Waals surface area contributed by atoms with Crippen molar-refractivity contribution in [1.82, 2.24) is 0 Å². The van der Waals surface area contributed by atoms with Crippen molar-refractivity contribution >= 4 is 11.7 Å². The van der Waals surface area contributed by atoms with Gasteiger partial charge in [0.2, 0.25) is 0 Å². The summed E-state index contributed by atoms with van der Waals surface area (Å²) in [6.07, 6.45) is 0. The number of esters is 1. The zero-order valence-corrected chi connectivity index (χ0v) is 11.5. The predicted molar refractivity (Wildman–Crippen MR) is 78.0 cm³/mol. The van der Waals surface area contributed by atoms with Crippen molar-refractivity contribution in [2.75, 3.05) is 12.3 Å². The largest absolute Gasteiger partial charge is 0.462 e. The van der Waals surface area contributed by atoms with Gasteiger partial charge in [0.15, 0.2) is 0 Å². The van der Waals surface area contributed by atoms with Crippen LogP contribution >= 0.6 is 0 Å². The maximum Gasteiger partial charge on any atom is 0.340 e. The van der Waals surface area contributed by atoms with E-state index in [0.29, 0.717) is 22.7 Å². The Morgan fingerprint density at radius 3 is 2.71 bits per heavy atom. The van der Waals surface area contributed by atoms with Crippen molar-refractivity contribution in [2.24, 2.45) is 0 Å². The molecule has 21 heavy (non-hydrogen) atoms. The van der Waals surface area contributed by atoms with Crippen molar-refractivity contribution in [2.45, 2.75) is 6.92 Å². The summed E-state index contributed by atoms with van der Waals surface area (Å²) >= 11 is 0. The number of nitrogen functional groups attached to an aromatic ring is 1. The van der Waals surface area contributed by atoms with Gasteiger partial charge in [-0.2, -0.15) is 5.26 Å². The number of rotatable bonds is 4. The Balaban J connectivity index is 2.26.